The Morgan fingerprint density at radius 2 is 2.37 bits per heavy atom. The molecule has 6 nitrogen and oxygen atoms in total. The van der Waals surface area contributed by atoms with Crippen LogP contribution in [0.4, 0.5) is 0 Å². The number of aromatic nitrogens is 1. The summed E-state index contributed by atoms with van der Waals surface area (Å²) in [5, 5.41) is 6.03. The molecule has 2 heterocycles. The van der Waals surface area contributed by atoms with Gasteiger partial charge in [-0.3, -0.25) is 9.78 Å². The Balaban J connectivity index is 1.67. The number of rotatable bonds is 3. The van der Waals surface area contributed by atoms with Gasteiger partial charge in [0.1, 0.15) is 0 Å². The summed E-state index contributed by atoms with van der Waals surface area (Å²) in [5.41, 5.74) is 2.08. The predicted octanol–water partition coefficient (Wildman–Crippen LogP) is 0.489. The van der Waals surface area contributed by atoms with Crippen molar-refractivity contribution in [1.82, 2.24) is 15.6 Å². The number of amides is 1. The molecule has 1 amide bonds. The van der Waals surface area contributed by atoms with E-state index in [0.29, 0.717) is 17.6 Å². The molecule has 2 aromatic rings. The fourth-order valence-corrected chi connectivity index (χ4v) is 2.32. The standard InChI is InChI=1S/C13H15N3O3/c17-12(10-2-1-5-14-10)15-7-8-3-4-9-11(6-8)19-13(18)16-9/h3-4,6,10,14H,1-2,5,7H2,(H,15,17)(H,16,18). The van der Waals surface area contributed by atoms with Crippen LogP contribution in [0.25, 0.3) is 11.1 Å². The molecule has 1 aliphatic heterocycles. The highest BCUT2D eigenvalue weighted by Gasteiger charge is 2.21. The number of nitrogens with one attached hydrogen (secondary N) is 3. The molecule has 0 bridgehead atoms. The van der Waals surface area contributed by atoms with E-state index < -0.39 is 5.76 Å². The quantitative estimate of drug-likeness (QED) is 0.750. The first-order valence-electron chi connectivity index (χ1n) is 6.35. The van der Waals surface area contributed by atoms with Crippen LogP contribution in [0.5, 0.6) is 0 Å². The van der Waals surface area contributed by atoms with Crippen LogP contribution >= 0.6 is 0 Å². The first kappa shape index (κ1) is 12.0. The number of fused-ring (bicyclic) bond motifs is 1. The zero-order chi connectivity index (χ0) is 13.2. The SMILES string of the molecule is O=C(NCc1ccc2[nH]c(=O)oc2c1)C1CCCN1. The minimum absolute atomic E-state index is 0.0214. The summed E-state index contributed by atoms with van der Waals surface area (Å²) in [4.78, 5) is 25.4. The number of H-pyrrole nitrogens is 1. The van der Waals surface area contributed by atoms with Gasteiger partial charge in [-0.05, 0) is 37.1 Å². The molecule has 3 rings (SSSR count). The zero-order valence-electron chi connectivity index (χ0n) is 10.4. The van der Waals surface area contributed by atoms with Gasteiger partial charge in [-0.15, -0.1) is 0 Å². The lowest BCUT2D eigenvalue weighted by Crippen LogP contribution is -2.39. The molecule has 1 unspecified atom stereocenters. The van der Waals surface area contributed by atoms with E-state index in [1.807, 2.05) is 6.07 Å². The smallest absolute Gasteiger partial charge is 0.408 e. The van der Waals surface area contributed by atoms with Crippen LogP contribution in [0.3, 0.4) is 0 Å². The fraction of sp³-hybridized carbons (Fsp3) is 0.385. The molecular weight excluding hydrogens is 246 g/mol. The molecule has 1 aliphatic rings. The molecule has 0 spiro atoms. The van der Waals surface area contributed by atoms with E-state index in [1.165, 1.54) is 0 Å². The molecule has 19 heavy (non-hydrogen) atoms. The Bertz CT molecular complexity index is 652. The average molecular weight is 261 g/mol. The van der Waals surface area contributed by atoms with Crippen molar-refractivity contribution in [2.24, 2.45) is 0 Å². The number of oxazole rings is 1. The predicted molar refractivity (Wildman–Crippen MR) is 69.7 cm³/mol. The van der Waals surface area contributed by atoms with Gasteiger partial charge in [-0.2, -0.15) is 0 Å². The molecule has 100 valence electrons. The number of benzene rings is 1. The Hall–Kier alpha value is -2.08. The molecule has 1 atom stereocenters. The summed E-state index contributed by atoms with van der Waals surface area (Å²) in [5.74, 6) is -0.445. The number of carbonyl (C=O) groups excluding carboxylic acids is 1. The van der Waals surface area contributed by atoms with Crippen molar-refractivity contribution in [2.75, 3.05) is 6.54 Å². The van der Waals surface area contributed by atoms with E-state index in [4.69, 9.17) is 4.42 Å². The molecule has 6 heteroatoms. The maximum Gasteiger partial charge on any atom is 0.417 e. The number of carbonyl (C=O) groups is 1. The first-order valence-corrected chi connectivity index (χ1v) is 6.35. The van der Waals surface area contributed by atoms with Crippen LogP contribution in [-0.4, -0.2) is 23.5 Å². The van der Waals surface area contributed by atoms with E-state index in [1.54, 1.807) is 12.1 Å². The Morgan fingerprint density at radius 3 is 3.16 bits per heavy atom. The van der Waals surface area contributed by atoms with Crippen molar-refractivity contribution >= 4 is 17.0 Å². The van der Waals surface area contributed by atoms with Gasteiger partial charge >= 0.3 is 5.76 Å². The number of aromatic amines is 1. The fourth-order valence-electron chi connectivity index (χ4n) is 2.32. The van der Waals surface area contributed by atoms with Gasteiger partial charge in [0.25, 0.3) is 0 Å². The third-order valence-electron chi connectivity index (χ3n) is 3.33. The van der Waals surface area contributed by atoms with Crippen LogP contribution in [0.1, 0.15) is 18.4 Å². The van der Waals surface area contributed by atoms with Gasteiger partial charge in [0, 0.05) is 6.54 Å². The Labute approximate surface area is 109 Å². The lowest BCUT2D eigenvalue weighted by Gasteiger charge is -2.10. The maximum absolute atomic E-state index is 11.8. The van der Waals surface area contributed by atoms with Crippen molar-refractivity contribution in [3.05, 3.63) is 34.3 Å². The van der Waals surface area contributed by atoms with Gasteiger partial charge in [0.05, 0.1) is 11.6 Å². The lowest BCUT2D eigenvalue weighted by molar-refractivity contribution is -0.122. The summed E-state index contributed by atoms with van der Waals surface area (Å²) in [6.45, 7) is 1.33. The van der Waals surface area contributed by atoms with Crippen LogP contribution < -0.4 is 16.4 Å². The van der Waals surface area contributed by atoms with Gasteiger partial charge in [0.2, 0.25) is 5.91 Å². The summed E-state index contributed by atoms with van der Waals surface area (Å²) < 4.78 is 4.98. The van der Waals surface area contributed by atoms with E-state index in [2.05, 4.69) is 15.6 Å². The van der Waals surface area contributed by atoms with E-state index in [0.717, 1.165) is 24.9 Å². The zero-order valence-corrected chi connectivity index (χ0v) is 10.4. The van der Waals surface area contributed by atoms with Crippen LogP contribution in [-0.2, 0) is 11.3 Å². The van der Waals surface area contributed by atoms with Gasteiger partial charge in [-0.25, -0.2) is 4.79 Å². The van der Waals surface area contributed by atoms with Crippen molar-refractivity contribution in [1.29, 1.82) is 0 Å². The average Bonchev–Trinajstić information content (AvgIpc) is 3.03. The summed E-state index contributed by atoms with van der Waals surface area (Å²) in [6.07, 6.45) is 1.93. The molecule has 1 aromatic heterocycles. The van der Waals surface area contributed by atoms with Crippen molar-refractivity contribution in [2.45, 2.75) is 25.4 Å². The third kappa shape index (κ3) is 2.53. The van der Waals surface area contributed by atoms with Gasteiger partial charge in [-0.1, -0.05) is 6.07 Å². The highest BCUT2D eigenvalue weighted by Crippen LogP contribution is 2.12. The normalized spacial score (nSPS) is 18.8. The van der Waals surface area contributed by atoms with E-state index in [9.17, 15) is 9.59 Å². The van der Waals surface area contributed by atoms with Crippen LogP contribution in [0.2, 0.25) is 0 Å². The molecule has 1 aromatic carbocycles. The van der Waals surface area contributed by atoms with E-state index >= 15 is 0 Å². The van der Waals surface area contributed by atoms with Gasteiger partial charge < -0.3 is 15.1 Å². The number of hydrogen-bond donors (Lipinski definition) is 3. The topological polar surface area (TPSA) is 87.1 Å². The monoisotopic (exact) mass is 261 g/mol. The summed E-state index contributed by atoms with van der Waals surface area (Å²) in [6, 6.07) is 5.32. The number of hydrogen-bond acceptors (Lipinski definition) is 4. The second-order valence-electron chi connectivity index (χ2n) is 4.71. The lowest BCUT2D eigenvalue weighted by atomic mass is 10.2. The Morgan fingerprint density at radius 1 is 1.47 bits per heavy atom. The van der Waals surface area contributed by atoms with Crippen molar-refractivity contribution in [3.63, 3.8) is 0 Å². The first-order chi connectivity index (χ1) is 9.22. The molecule has 1 fully saturated rings. The molecular formula is C13H15N3O3. The van der Waals surface area contributed by atoms with Crippen LogP contribution in [0, 0.1) is 0 Å². The summed E-state index contributed by atoms with van der Waals surface area (Å²) in [7, 11) is 0. The third-order valence-corrected chi connectivity index (χ3v) is 3.33. The highest BCUT2D eigenvalue weighted by molar-refractivity contribution is 5.82. The molecule has 0 aliphatic carbocycles. The second kappa shape index (κ2) is 4.89. The largest absolute Gasteiger partial charge is 0.417 e. The highest BCUT2D eigenvalue weighted by atomic mass is 16.4. The van der Waals surface area contributed by atoms with Crippen LogP contribution in [0.15, 0.2) is 27.4 Å². The second-order valence-corrected chi connectivity index (χ2v) is 4.71. The molecule has 1 saturated heterocycles. The Kier molecular flexibility index (Phi) is 3.08. The molecule has 3 N–H and O–H groups in total. The molecule has 0 radical (unpaired) electrons. The van der Waals surface area contributed by atoms with E-state index in [-0.39, 0.29) is 11.9 Å². The maximum atomic E-state index is 11.8. The van der Waals surface area contributed by atoms with Gasteiger partial charge in [0.15, 0.2) is 5.58 Å². The molecule has 0 saturated carbocycles. The minimum atomic E-state index is -0.466. The van der Waals surface area contributed by atoms with Crippen molar-refractivity contribution < 1.29 is 9.21 Å². The van der Waals surface area contributed by atoms with Crippen molar-refractivity contribution in [3.8, 4) is 0 Å². The minimum Gasteiger partial charge on any atom is -0.408 e. The summed E-state index contributed by atoms with van der Waals surface area (Å²) >= 11 is 0.